The quantitative estimate of drug-likeness (QED) is 0.772. The molecule has 1 aromatic rings. The molecule has 0 heterocycles. The van der Waals surface area contributed by atoms with Crippen LogP contribution >= 0.6 is 15.9 Å². The van der Waals surface area contributed by atoms with E-state index in [-0.39, 0.29) is 18.0 Å². The molecule has 2 nitrogen and oxygen atoms in total. The maximum absolute atomic E-state index is 13.9. The molecule has 1 N–H and O–H groups in total. The van der Waals surface area contributed by atoms with E-state index in [0.29, 0.717) is 12.3 Å². The Morgan fingerprint density at radius 1 is 1.45 bits per heavy atom. The Balaban J connectivity index is 2.11. The lowest BCUT2D eigenvalue weighted by Gasteiger charge is -2.27. The largest absolute Gasteiger partial charge is 0.380 e. The Morgan fingerprint density at radius 3 is 2.80 bits per heavy atom. The second kappa shape index (κ2) is 7.53. The van der Waals surface area contributed by atoms with Crippen molar-refractivity contribution in [2.24, 2.45) is 5.92 Å². The Hall–Kier alpha value is -0.450. The van der Waals surface area contributed by atoms with E-state index < -0.39 is 0 Å². The van der Waals surface area contributed by atoms with Gasteiger partial charge in [-0.1, -0.05) is 22.9 Å². The fraction of sp³-hybridized carbons (Fsp3) is 0.625. The molecule has 20 heavy (non-hydrogen) atoms. The van der Waals surface area contributed by atoms with Gasteiger partial charge in [-0.3, -0.25) is 0 Å². The van der Waals surface area contributed by atoms with E-state index in [0.717, 1.165) is 23.0 Å². The molecule has 1 aliphatic rings. The minimum absolute atomic E-state index is 0.137. The Labute approximate surface area is 129 Å². The van der Waals surface area contributed by atoms with Gasteiger partial charge in [0.2, 0.25) is 0 Å². The number of nitrogens with one attached hydrogen (secondary N) is 1. The van der Waals surface area contributed by atoms with Gasteiger partial charge in [-0.15, -0.1) is 0 Å². The summed E-state index contributed by atoms with van der Waals surface area (Å²) in [7, 11) is 1.76. The lowest BCUT2D eigenvalue weighted by Crippen LogP contribution is -2.44. The predicted molar refractivity (Wildman–Crippen MR) is 83.4 cm³/mol. The van der Waals surface area contributed by atoms with Crippen LogP contribution in [0.1, 0.15) is 31.7 Å². The zero-order valence-electron chi connectivity index (χ0n) is 12.2. The topological polar surface area (TPSA) is 21.3 Å². The van der Waals surface area contributed by atoms with Gasteiger partial charge >= 0.3 is 0 Å². The van der Waals surface area contributed by atoms with Gasteiger partial charge < -0.3 is 10.1 Å². The van der Waals surface area contributed by atoms with Crippen LogP contribution in [0.2, 0.25) is 0 Å². The van der Waals surface area contributed by atoms with E-state index in [1.54, 1.807) is 13.2 Å². The summed E-state index contributed by atoms with van der Waals surface area (Å²) in [5.74, 6) is 0.492. The first-order valence-corrected chi connectivity index (χ1v) is 8.15. The van der Waals surface area contributed by atoms with Crippen molar-refractivity contribution in [1.82, 2.24) is 5.32 Å². The number of rotatable bonds is 8. The summed E-state index contributed by atoms with van der Waals surface area (Å²) in [6.45, 7) is 3.08. The van der Waals surface area contributed by atoms with Crippen LogP contribution in [0.5, 0.6) is 0 Å². The number of hydrogen-bond acceptors (Lipinski definition) is 2. The van der Waals surface area contributed by atoms with Crippen LogP contribution in [0.4, 0.5) is 4.39 Å². The molecule has 1 aromatic carbocycles. The summed E-state index contributed by atoms with van der Waals surface area (Å²) in [5, 5.41) is 3.53. The molecule has 2 rings (SSSR count). The zero-order chi connectivity index (χ0) is 14.5. The molecule has 0 aromatic heterocycles. The number of ether oxygens (including phenoxy) is 1. The van der Waals surface area contributed by atoms with Crippen molar-refractivity contribution in [2.45, 2.75) is 44.8 Å². The molecule has 1 aliphatic carbocycles. The van der Waals surface area contributed by atoms with E-state index in [1.165, 1.54) is 18.9 Å². The lowest BCUT2D eigenvalue weighted by atomic mass is 9.97. The molecule has 0 bridgehead atoms. The van der Waals surface area contributed by atoms with Crippen LogP contribution < -0.4 is 5.32 Å². The molecule has 2 atom stereocenters. The number of halogens is 2. The Morgan fingerprint density at radius 2 is 2.20 bits per heavy atom. The van der Waals surface area contributed by atoms with E-state index in [4.69, 9.17) is 4.74 Å². The van der Waals surface area contributed by atoms with Crippen molar-refractivity contribution in [3.8, 4) is 0 Å². The molecule has 0 spiro atoms. The number of methoxy groups -OCH3 is 1. The molecule has 0 radical (unpaired) electrons. The molecule has 0 saturated heterocycles. The summed E-state index contributed by atoms with van der Waals surface area (Å²) < 4.78 is 20.5. The maximum Gasteiger partial charge on any atom is 0.126 e. The molecule has 1 saturated carbocycles. The first kappa shape index (κ1) is 15.9. The van der Waals surface area contributed by atoms with Gasteiger partial charge in [0.05, 0.1) is 6.10 Å². The number of benzene rings is 1. The van der Waals surface area contributed by atoms with Gasteiger partial charge in [-0.05, 0) is 61.9 Å². The molecular formula is C16H23BrFNO. The SMILES string of the molecule is CCCNC(Cc1cc(Br)ccc1F)C(OC)C1CC1. The van der Waals surface area contributed by atoms with Crippen molar-refractivity contribution in [3.05, 3.63) is 34.1 Å². The van der Waals surface area contributed by atoms with Gasteiger partial charge in [0.15, 0.2) is 0 Å². The fourth-order valence-corrected chi connectivity index (χ4v) is 3.09. The van der Waals surface area contributed by atoms with E-state index in [9.17, 15) is 4.39 Å². The fourth-order valence-electron chi connectivity index (χ4n) is 2.68. The van der Waals surface area contributed by atoms with Crippen LogP contribution in [-0.2, 0) is 11.2 Å². The van der Waals surface area contributed by atoms with Crippen LogP contribution in [0.3, 0.4) is 0 Å². The highest BCUT2D eigenvalue weighted by Crippen LogP contribution is 2.36. The maximum atomic E-state index is 13.9. The van der Waals surface area contributed by atoms with Crippen LogP contribution in [0.15, 0.2) is 22.7 Å². The van der Waals surface area contributed by atoms with Crippen molar-refractivity contribution >= 4 is 15.9 Å². The minimum Gasteiger partial charge on any atom is -0.380 e. The summed E-state index contributed by atoms with van der Waals surface area (Å²) in [6, 6.07) is 5.31. The molecule has 112 valence electrons. The summed E-state index contributed by atoms with van der Waals surface area (Å²) >= 11 is 3.42. The highest BCUT2D eigenvalue weighted by Gasteiger charge is 2.36. The first-order valence-electron chi connectivity index (χ1n) is 7.35. The van der Waals surface area contributed by atoms with E-state index in [2.05, 4.69) is 28.2 Å². The minimum atomic E-state index is -0.137. The van der Waals surface area contributed by atoms with Crippen LogP contribution in [-0.4, -0.2) is 25.8 Å². The molecule has 2 unspecified atom stereocenters. The van der Waals surface area contributed by atoms with Crippen LogP contribution in [0.25, 0.3) is 0 Å². The number of hydrogen-bond donors (Lipinski definition) is 1. The monoisotopic (exact) mass is 343 g/mol. The van der Waals surface area contributed by atoms with Gasteiger partial charge in [-0.2, -0.15) is 0 Å². The third-order valence-electron chi connectivity index (χ3n) is 3.86. The molecule has 0 amide bonds. The Kier molecular flexibility index (Phi) is 6.00. The standard InChI is InChI=1S/C16H23BrFNO/c1-3-8-19-15(16(20-2)11-4-5-11)10-12-9-13(17)6-7-14(12)18/h6-7,9,11,15-16,19H,3-5,8,10H2,1-2H3. The highest BCUT2D eigenvalue weighted by molar-refractivity contribution is 9.10. The van der Waals surface area contributed by atoms with Gasteiger partial charge in [0.1, 0.15) is 5.82 Å². The first-order chi connectivity index (χ1) is 9.65. The lowest BCUT2D eigenvalue weighted by molar-refractivity contribution is 0.0509. The van der Waals surface area contributed by atoms with Crippen molar-refractivity contribution < 1.29 is 9.13 Å². The normalized spacial score (nSPS) is 18.0. The second-order valence-electron chi connectivity index (χ2n) is 5.54. The third-order valence-corrected chi connectivity index (χ3v) is 4.35. The van der Waals surface area contributed by atoms with Gasteiger partial charge in [0, 0.05) is 17.6 Å². The van der Waals surface area contributed by atoms with Gasteiger partial charge in [0.25, 0.3) is 0 Å². The smallest absolute Gasteiger partial charge is 0.126 e. The van der Waals surface area contributed by atoms with Crippen molar-refractivity contribution in [1.29, 1.82) is 0 Å². The summed E-state index contributed by atoms with van der Waals surface area (Å²) in [5.41, 5.74) is 0.746. The van der Waals surface area contributed by atoms with Crippen molar-refractivity contribution in [2.75, 3.05) is 13.7 Å². The van der Waals surface area contributed by atoms with Crippen LogP contribution in [0, 0.1) is 11.7 Å². The second-order valence-corrected chi connectivity index (χ2v) is 6.45. The average Bonchev–Trinajstić information content (AvgIpc) is 3.25. The summed E-state index contributed by atoms with van der Waals surface area (Å²) in [6.07, 6.45) is 4.37. The predicted octanol–water partition coefficient (Wildman–Crippen LogP) is 3.92. The summed E-state index contributed by atoms with van der Waals surface area (Å²) in [4.78, 5) is 0. The van der Waals surface area contributed by atoms with E-state index in [1.807, 2.05) is 6.07 Å². The highest BCUT2D eigenvalue weighted by atomic mass is 79.9. The average molecular weight is 344 g/mol. The van der Waals surface area contributed by atoms with Crippen molar-refractivity contribution in [3.63, 3.8) is 0 Å². The molecule has 4 heteroatoms. The van der Waals surface area contributed by atoms with Gasteiger partial charge in [-0.25, -0.2) is 4.39 Å². The molecular weight excluding hydrogens is 321 g/mol. The van der Waals surface area contributed by atoms with E-state index >= 15 is 0 Å². The molecule has 0 aliphatic heterocycles. The zero-order valence-corrected chi connectivity index (χ0v) is 13.7. The Bertz CT molecular complexity index is 436. The molecule has 1 fully saturated rings. The third kappa shape index (κ3) is 4.27.